The summed E-state index contributed by atoms with van der Waals surface area (Å²) in [5.41, 5.74) is 0.601. The summed E-state index contributed by atoms with van der Waals surface area (Å²) in [5, 5.41) is 16.8. The Labute approximate surface area is 81.0 Å². The summed E-state index contributed by atoms with van der Waals surface area (Å²) in [5.74, 6) is 0.780. The molecular formula is C11H22O2. The molecule has 0 aliphatic heterocycles. The largest absolute Gasteiger partial charge is 0.400 e. The summed E-state index contributed by atoms with van der Waals surface area (Å²) in [6, 6.07) is 0. The lowest BCUT2D eigenvalue weighted by atomic mass is 9.70. The maximum absolute atomic E-state index is 9.81. The fourth-order valence-corrected chi connectivity index (χ4v) is 3.16. The molecule has 2 fully saturated rings. The third-order valence-electron chi connectivity index (χ3n) is 4.75. The van der Waals surface area contributed by atoms with Crippen LogP contribution >= 0.6 is 0 Å². The second-order valence-electron chi connectivity index (χ2n) is 5.13. The van der Waals surface area contributed by atoms with Gasteiger partial charge < -0.3 is 10.2 Å². The summed E-state index contributed by atoms with van der Waals surface area (Å²) in [4.78, 5) is 0. The van der Waals surface area contributed by atoms with Gasteiger partial charge in [0.1, 0.15) is 0 Å². The molecule has 2 saturated carbocycles. The van der Waals surface area contributed by atoms with Gasteiger partial charge in [-0.05, 0) is 36.0 Å². The van der Waals surface area contributed by atoms with Crippen molar-refractivity contribution in [3.63, 3.8) is 0 Å². The zero-order valence-electron chi connectivity index (χ0n) is 9.17. The Morgan fingerprint density at radius 1 is 1.15 bits per heavy atom. The number of hydrogen-bond acceptors (Lipinski definition) is 2. The molecule has 2 aliphatic carbocycles. The number of fused-ring (bicyclic) bond motifs is 2. The van der Waals surface area contributed by atoms with Crippen molar-refractivity contribution in [2.45, 2.75) is 46.1 Å². The third-order valence-corrected chi connectivity index (χ3v) is 4.75. The smallest absolute Gasteiger partial charge is 0.0601 e. The lowest BCUT2D eigenvalue weighted by molar-refractivity contribution is 0.0126. The van der Waals surface area contributed by atoms with Gasteiger partial charge in [0, 0.05) is 7.11 Å². The molecule has 3 atom stereocenters. The number of aliphatic hydroxyl groups excluding tert-OH is 2. The Hall–Kier alpha value is -0.0800. The standard InChI is InChI=1S/C10H18O.CH4O/c1-9(2)7-4-5-10(9,3)8(11)6-7;1-2/h7-8,11H,4-6H2,1-3H3;2H,1H3. The predicted octanol–water partition coefficient (Wildman–Crippen LogP) is 1.80. The van der Waals surface area contributed by atoms with E-state index >= 15 is 0 Å². The Morgan fingerprint density at radius 2 is 1.69 bits per heavy atom. The fourth-order valence-electron chi connectivity index (χ4n) is 3.16. The van der Waals surface area contributed by atoms with Crippen molar-refractivity contribution < 1.29 is 10.2 Å². The molecule has 13 heavy (non-hydrogen) atoms. The average Bonchev–Trinajstić information content (AvgIpc) is 2.41. The van der Waals surface area contributed by atoms with Gasteiger partial charge in [-0.3, -0.25) is 0 Å². The highest BCUT2D eigenvalue weighted by Crippen LogP contribution is 2.65. The molecular weight excluding hydrogens is 164 g/mol. The quantitative estimate of drug-likeness (QED) is 0.605. The highest BCUT2D eigenvalue weighted by atomic mass is 16.3. The van der Waals surface area contributed by atoms with Crippen molar-refractivity contribution in [2.24, 2.45) is 16.7 Å². The minimum Gasteiger partial charge on any atom is -0.400 e. The Balaban J connectivity index is 0.000000396. The van der Waals surface area contributed by atoms with E-state index in [9.17, 15) is 5.11 Å². The van der Waals surface area contributed by atoms with Crippen molar-refractivity contribution in [1.82, 2.24) is 0 Å². The van der Waals surface area contributed by atoms with Crippen LogP contribution in [0.3, 0.4) is 0 Å². The van der Waals surface area contributed by atoms with Gasteiger partial charge >= 0.3 is 0 Å². The van der Waals surface area contributed by atoms with Crippen LogP contribution in [0, 0.1) is 16.7 Å². The van der Waals surface area contributed by atoms with Gasteiger partial charge in [-0.15, -0.1) is 0 Å². The van der Waals surface area contributed by atoms with Crippen LogP contribution in [0.5, 0.6) is 0 Å². The molecule has 0 aromatic rings. The van der Waals surface area contributed by atoms with Crippen molar-refractivity contribution in [3.8, 4) is 0 Å². The lowest BCUT2D eigenvalue weighted by Gasteiger charge is -2.36. The van der Waals surface area contributed by atoms with Crippen molar-refractivity contribution in [2.75, 3.05) is 7.11 Å². The third kappa shape index (κ3) is 1.23. The summed E-state index contributed by atoms with van der Waals surface area (Å²) >= 11 is 0. The molecule has 3 unspecified atom stereocenters. The van der Waals surface area contributed by atoms with Crippen LogP contribution in [0.2, 0.25) is 0 Å². The van der Waals surface area contributed by atoms with Crippen LogP contribution in [0.25, 0.3) is 0 Å². The first kappa shape index (κ1) is 11.0. The summed E-state index contributed by atoms with van der Waals surface area (Å²) in [6.07, 6.45) is 3.58. The normalized spacial score (nSPS) is 45.7. The van der Waals surface area contributed by atoms with E-state index in [1.54, 1.807) is 0 Å². The van der Waals surface area contributed by atoms with Gasteiger partial charge in [-0.25, -0.2) is 0 Å². The van der Waals surface area contributed by atoms with Gasteiger partial charge in [0.05, 0.1) is 6.10 Å². The van der Waals surface area contributed by atoms with Crippen molar-refractivity contribution in [1.29, 1.82) is 0 Å². The van der Waals surface area contributed by atoms with Gasteiger partial charge in [0.15, 0.2) is 0 Å². The summed E-state index contributed by atoms with van der Waals surface area (Å²) in [7, 11) is 1.00. The van der Waals surface area contributed by atoms with Crippen molar-refractivity contribution >= 4 is 0 Å². The maximum Gasteiger partial charge on any atom is 0.0601 e. The first-order valence-corrected chi connectivity index (χ1v) is 5.11. The van der Waals surface area contributed by atoms with Gasteiger partial charge in [-0.1, -0.05) is 20.8 Å². The first-order valence-electron chi connectivity index (χ1n) is 5.11. The second-order valence-corrected chi connectivity index (χ2v) is 5.13. The molecule has 78 valence electrons. The molecule has 0 radical (unpaired) electrons. The molecule has 2 heteroatoms. The average molecular weight is 186 g/mol. The van der Waals surface area contributed by atoms with Crippen LogP contribution in [-0.2, 0) is 0 Å². The van der Waals surface area contributed by atoms with E-state index in [1.807, 2.05) is 0 Å². The topological polar surface area (TPSA) is 40.5 Å². The zero-order chi connectivity index (χ0) is 10.3. The number of rotatable bonds is 0. The summed E-state index contributed by atoms with van der Waals surface area (Å²) in [6.45, 7) is 6.90. The van der Waals surface area contributed by atoms with Crippen LogP contribution in [0.15, 0.2) is 0 Å². The Kier molecular flexibility index (Phi) is 2.75. The summed E-state index contributed by atoms with van der Waals surface area (Å²) < 4.78 is 0. The van der Waals surface area contributed by atoms with Gasteiger partial charge in [0.25, 0.3) is 0 Å². The van der Waals surface area contributed by atoms with E-state index in [4.69, 9.17) is 5.11 Å². The monoisotopic (exact) mass is 186 g/mol. The number of aliphatic hydroxyl groups is 2. The number of hydrogen-bond donors (Lipinski definition) is 2. The SMILES string of the molecule is CC1(C)C2CCC1(C)C(O)C2.CO. The highest BCUT2D eigenvalue weighted by molar-refractivity contribution is 5.10. The van der Waals surface area contributed by atoms with Gasteiger partial charge in [0.2, 0.25) is 0 Å². The minimum absolute atomic E-state index is 0.0313. The molecule has 0 spiro atoms. The van der Waals surface area contributed by atoms with Crippen LogP contribution in [0.4, 0.5) is 0 Å². The lowest BCUT2D eigenvalue weighted by Crippen LogP contribution is -2.35. The van der Waals surface area contributed by atoms with E-state index in [0.717, 1.165) is 19.4 Å². The molecule has 0 aromatic heterocycles. The molecule has 0 saturated heterocycles. The highest BCUT2D eigenvalue weighted by Gasteiger charge is 2.60. The van der Waals surface area contributed by atoms with Crippen LogP contribution < -0.4 is 0 Å². The van der Waals surface area contributed by atoms with Gasteiger partial charge in [-0.2, -0.15) is 0 Å². The van der Waals surface area contributed by atoms with E-state index < -0.39 is 0 Å². The van der Waals surface area contributed by atoms with E-state index in [-0.39, 0.29) is 11.5 Å². The zero-order valence-corrected chi connectivity index (χ0v) is 9.17. The molecule has 0 amide bonds. The molecule has 2 bridgehead atoms. The molecule has 2 aliphatic rings. The molecule has 0 aromatic carbocycles. The van der Waals surface area contributed by atoms with Crippen molar-refractivity contribution in [3.05, 3.63) is 0 Å². The first-order chi connectivity index (χ1) is 5.98. The minimum atomic E-state index is -0.0313. The molecule has 2 rings (SSSR count). The van der Waals surface area contributed by atoms with E-state index in [0.29, 0.717) is 5.41 Å². The molecule has 2 N–H and O–H groups in total. The van der Waals surface area contributed by atoms with E-state index in [2.05, 4.69) is 20.8 Å². The molecule has 0 heterocycles. The Morgan fingerprint density at radius 3 is 1.85 bits per heavy atom. The van der Waals surface area contributed by atoms with Crippen LogP contribution in [0.1, 0.15) is 40.0 Å². The Bertz CT molecular complexity index is 189. The molecule has 2 nitrogen and oxygen atoms in total. The maximum atomic E-state index is 9.81. The van der Waals surface area contributed by atoms with Crippen LogP contribution in [-0.4, -0.2) is 23.4 Å². The second kappa shape index (κ2) is 3.25. The fraction of sp³-hybridized carbons (Fsp3) is 1.00. The predicted molar refractivity (Wildman–Crippen MR) is 53.4 cm³/mol. The van der Waals surface area contributed by atoms with E-state index in [1.165, 1.54) is 12.8 Å².